The van der Waals surface area contributed by atoms with Gasteiger partial charge in [0, 0.05) is 0 Å². The summed E-state index contributed by atoms with van der Waals surface area (Å²) in [5, 5.41) is 10.3. The molecule has 0 bridgehead atoms. The van der Waals surface area contributed by atoms with Crippen LogP contribution in [0.2, 0.25) is 0 Å². The van der Waals surface area contributed by atoms with Crippen LogP contribution >= 0.6 is 11.8 Å². The van der Waals surface area contributed by atoms with Gasteiger partial charge in [-0.15, -0.1) is 0 Å². The quantitative estimate of drug-likeness (QED) is 0.441. The van der Waals surface area contributed by atoms with Gasteiger partial charge in [0.2, 0.25) is 5.39 Å². The molecule has 0 spiro atoms. The number of carbonyl (C=O) groups is 1. The molecule has 0 aromatic rings. The van der Waals surface area contributed by atoms with Crippen LogP contribution in [0.15, 0.2) is 11.5 Å². The molecule has 0 aromatic heterocycles. The van der Waals surface area contributed by atoms with Crippen LogP contribution in [0.1, 0.15) is 6.42 Å². The van der Waals surface area contributed by atoms with E-state index in [0.29, 0.717) is 6.42 Å². The number of rotatable bonds is 1. The van der Waals surface area contributed by atoms with E-state index >= 15 is 0 Å². The van der Waals surface area contributed by atoms with Crippen LogP contribution in [-0.4, -0.2) is 18.0 Å². The number of esters is 1. The van der Waals surface area contributed by atoms with E-state index in [1.54, 1.807) is 11.5 Å². The number of methoxy groups -OCH3 is 1. The van der Waals surface area contributed by atoms with Crippen molar-refractivity contribution in [3.8, 4) is 0 Å². The normalized spacial score (nSPS) is 28.0. The van der Waals surface area contributed by atoms with Gasteiger partial charge in [-0.2, -0.15) is 0 Å². The predicted octanol–water partition coefficient (Wildman–Crippen LogP) is 1.36. The van der Waals surface area contributed by atoms with Crippen LogP contribution in [0.3, 0.4) is 0 Å². The van der Waals surface area contributed by atoms with Gasteiger partial charge in [-0.3, -0.25) is 0 Å². The first-order chi connectivity index (χ1) is 5.25. The highest BCUT2D eigenvalue weighted by Gasteiger charge is 2.55. The third-order valence-electron chi connectivity index (χ3n) is 1.42. The van der Waals surface area contributed by atoms with Crippen molar-refractivity contribution < 1.29 is 9.53 Å². The molecular formula is C6H7N2O2S+. The summed E-state index contributed by atoms with van der Waals surface area (Å²) in [6.07, 6.45) is 2.15. The third-order valence-corrected chi connectivity index (χ3v) is 2.55. The summed E-state index contributed by atoms with van der Waals surface area (Å²) >= 11 is 1.15. The minimum Gasteiger partial charge on any atom is -0.462 e. The van der Waals surface area contributed by atoms with E-state index in [1.165, 1.54) is 7.11 Å². The Kier molecular flexibility index (Phi) is 2.15. The van der Waals surface area contributed by atoms with E-state index in [9.17, 15) is 4.79 Å². The van der Waals surface area contributed by atoms with Crippen LogP contribution in [0.25, 0.3) is 4.98 Å². The minimum atomic E-state index is -1.13. The summed E-state index contributed by atoms with van der Waals surface area (Å²) in [7, 11) is 1.27. The first-order valence-electron chi connectivity index (χ1n) is 3.03. The Morgan fingerprint density at radius 3 is 3.00 bits per heavy atom. The molecule has 58 valence electrons. The molecule has 0 saturated carbocycles. The second kappa shape index (κ2) is 2.93. The summed E-state index contributed by atoms with van der Waals surface area (Å²) in [5.74, 6) is -0.519. The van der Waals surface area contributed by atoms with Crippen molar-refractivity contribution in [2.24, 2.45) is 0 Å². The van der Waals surface area contributed by atoms with E-state index in [2.05, 4.69) is 9.71 Å². The topological polar surface area (TPSA) is 54.5 Å². The van der Waals surface area contributed by atoms with E-state index in [-0.39, 0.29) is 0 Å². The molecule has 1 rings (SSSR count). The summed E-state index contributed by atoms with van der Waals surface area (Å²) in [6, 6.07) is 0. The zero-order chi connectivity index (χ0) is 8.32. The van der Waals surface area contributed by atoms with Gasteiger partial charge < -0.3 is 4.74 Å². The van der Waals surface area contributed by atoms with Gasteiger partial charge in [0.25, 0.3) is 0 Å². The highest BCUT2D eigenvalue weighted by atomic mass is 32.2. The SMILES string of the molecule is COC(=O)C1([N+]#N)CC=CS1. The second-order valence-electron chi connectivity index (χ2n) is 2.07. The van der Waals surface area contributed by atoms with Crippen molar-refractivity contribution in [3.63, 3.8) is 0 Å². The Labute approximate surface area is 68.2 Å². The molecule has 0 radical (unpaired) electrons. The van der Waals surface area contributed by atoms with Gasteiger partial charge in [-0.1, -0.05) is 6.08 Å². The highest BCUT2D eigenvalue weighted by molar-refractivity contribution is 8.04. The number of hydrogen-bond acceptors (Lipinski definition) is 4. The molecule has 11 heavy (non-hydrogen) atoms. The lowest BCUT2D eigenvalue weighted by molar-refractivity contribution is -0.142. The number of nitrogens with zero attached hydrogens (tertiary/aromatic N) is 2. The average Bonchev–Trinajstić information content (AvgIpc) is 2.52. The van der Waals surface area contributed by atoms with E-state index in [1.807, 2.05) is 0 Å². The zero-order valence-corrected chi connectivity index (χ0v) is 6.80. The van der Waals surface area contributed by atoms with Crippen LogP contribution in [-0.2, 0) is 9.53 Å². The standard InChI is InChI=1S/C6H7N2O2S/c1-10-5(9)6(8-7)3-2-4-11-6/h2,4H,3H2,1H3/q+1. The van der Waals surface area contributed by atoms with Crippen LogP contribution in [0.5, 0.6) is 0 Å². The van der Waals surface area contributed by atoms with Crippen molar-refractivity contribution >= 4 is 17.7 Å². The summed E-state index contributed by atoms with van der Waals surface area (Å²) in [5.41, 5.74) is 0. The molecule has 5 heteroatoms. The third kappa shape index (κ3) is 1.21. The molecule has 1 aliphatic rings. The molecule has 0 N–H and O–H groups in total. The Hall–Kier alpha value is -1.02. The average molecular weight is 171 g/mol. The zero-order valence-electron chi connectivity index (χ0n) is 5.98. The molecule has 1 heterocycles. The maximum atomic E-state index is 11.0. The fourth-order valence-electron chi connectivity index (χ4n) is 0.813. The molecule has 0 fully saturated rings. The lowest BCUT2D eigenvalue weighted by atomic mass is 10.2. The van der Waals surface area contributed by atoms with Gasteiger partial charge in [0.05, 0.1) is 13.5 Å². The largest absolute Gasteiger partial charge is 0.468 e. The second-order valence-corrected chi connectivity index (χ2v) is 3.25. The van der Waals surface area contributed by atoms with Crippen molar-refractivity contribution in [3.05, 3.63) is 16.5 Å². The predicted molar refractivity (Wildman–Crippen MR) is 41.2 cm³/mol. The molecule has 1 unspecified atom stereocenters. The molecule has 0 amide bonds. The Morgan fingerprint density at radius 1 is 1.91 bits per heavy atom. The first kappa shape index (κ1) is 8.08. The number of hydrogen-bond donors (Lipinski definition) is 0. The Balaban J connectivity index is 2.79. The van der Waals surface area contributed by atoms with Crippen molar-refractivity contribution in [2.75, 3.05) is 7.11 Å². The van der Waals surface area contributed by atoms with Crippen LogP contribution < -0.4 is 0 Å². The van der Waals surface area contributed by atoms with Crippen molar-refractivity contribution in [1.29, 1.82) is 5.39 Å². The van der Waals surface area contributed by atoms with E-state index in [0.717, 1.165) is 11.8 Å². The van der Waals surface area contributed by atoms with E-state index < -0.39 is 10.8 Å². The highest BCUT2D eigenvalue weighted by Crippen LogP contribution is 2.38. The summed E-state index contributed by atoms with van der Waals surface area (Å²) in [4.78, 5) is 12.9. The Morgan fingerprint density at radius 2 is 2.64 bits per heavy atom. The fraction of sp³-hybridized carbons (Fsp3) is 0.500. The molecular weight excluding hydrogens is 164 g/mol. The van der Waals surface area contributed by atoms with Crippen LogP contribution in [0.4, 0.5) is 0 Å². The molecule has 4 nitrogen and oxygen atoms in total. The first-order valence-corrected chi connectivity index (χ1v) is 3.90. The maximum absolute atomic E-state index is 11.0. The minimum absolute atomic E-state index is 0.390. The van der Waals surface area contributed by atoms with Gasteiger partial charge in [0.15, 0.2) is 0 Å². The lowest BCUT2D eigenvalue weighted by Gasteiger charge is -2.02. The molecule has 0 aliphatic carbocycles. The Bertz CT molecular complexity index is 235. The molecule has 0 saturated heterocycles. The van der Waals surface area contributed by atoms with Gasteiger partial charge in [-0.25, -0.2) is 4.79 Å². The number of ether oxygens (including phenoxy) is 1. The molecule has 0 aromatic carbocycles. The smallest absolute Gasteiger partial charge is 0.462 e. The van der Waals surface area contributed by atoms with Gasteiger partial charge >= 0.3 is 10.8 Å². The lowest BCUT2D eigenvalue weighted by Crippen LogP contribution is -2.29. The summed E-state index contributed by atoms with van der Waals surface area (Å²) < 4.78 is 4.47. The van der Waals surface area contributed by atoms with Gasteiger partial charge in [-0.05, 0) is 17.2 Å². The number of thioether (sulfide) groups is 1. The van der Waals surface area contributed by atoms with E-state index in [4.69, 9.17) is 5.39 Å². The monoisotopic (exact) mass is 171 g/mol. The van der Waals surface area contributed by atoms with Crippen LogP contribution in [0, 0.1) is 5.39 Å². The fourth-order valence-corrected chi connectivity index (χ4v) is 1.65. The number of diazo groups is 1. The molecule has 1 atom stereocenters. The van der Waals surface area contributed by atoms with Crippen molar-refractivity contribution in [1.82, 2.24) is 0 Å². The van der Waals surface area contributed by atoms with Crippen molar-refractivity contribution in [2.45, 2.75) is 11.3 Å². The maximum Gasteiger partial charge on any atom is 0.468 e. The van der Waals surface area contributed by atoms with Gasteiger partial charge in [0.1, 0.15) is 4.98 Å². The summed E-state index contributed by atoms with van der Waals surface area (Å²) in [6.45, 7) is 0. The molecule has 1 aliphatic heterocycles. The number of carbonyl (C=O) groups excluding carboxylic acids is 1.